The van der Waals surface area contributed by atoms with Crippen LogP contribution in [0.4, 0.5) is 21.9 Å². The first kappa shape index (κ1) is 37.2. The summed E-state index contributed by atoms with van der Waals surface area (Å²) in [5.74, 6) is -0.0806. The lowest BCUT2D eigenvalue weighted by atomic mass is 10.0. The van der Waals surface area contributed by atoms with Crippen LogP contribution in [-0.4, -0.2) is 101 Å². The number of carbonyl (C=O) groups excluding carboxylic acids is 5. The number of imide groups is 1. The van der Waals surface area contributed by atoms with Crippen LogP contribution in [0.3, 0.4) is 0 Å². The Morgan fingerprint density at radius 3 is 2.61 bits per heavy atom. The predicted molar refractivity (Wildman–Crippen MR) is 206 cm³/mol. The monoisotopic (exact) mass is 774 g/mol. The van der Waals surface area contributed by atoms with Crippen LogP contribution < -0.4 is 20.9 Å². The number of pyridine rings is 1. The van der Waals surface area contributed by atoms with E-state index in [1.165, 1.54) is 6.20 Å². The Hall–Kier alpha value is -6.72. The largest absolute Gasteiger partial charge is 0.368 e. The third-order valence-electron chi connectivity index (χ3n) is 10.5. The normalized spacial score (nSPS) is 17.0. The van der Waals surface area contributed by atoms with Crippen molar-refractivity contribution < 1.29 is 28.5 Å². The summed E-state index contributed by atoms with van der Waals surface area (Å²) in [4.78, 5) is 82.1. The molecular weight excluding hydrogens is 733 g/mol. The van der Waals surface area contributed by atoms with Gasteiger partial charge in [-0.05, 0) is 61.1 Å². The molecule has 0 spiro atoms. The molecule has 1 unspecified atom stereocenters. The number of fused-ring (bicyclic) bond motifs is 2. The molecule has 18 heteroatoms. The number of piperazine rings is 1. The SMILES string of the molecule is Cc1cc(NC(=O)Nc2cnc3ccnn3c2C(C)C)cnc1-c1noc(CCCC(=O)N2CCN(c3ccc4c(c3)CN(C3CCC(=O)NC3=O)C4=O)CC2)n1. The quantitative estimate of drug-likeness (QED) is 0.174. The molecule has 57 heavy (non-hydrogen) atoms. The molecule has 7 heterocycles. The van der Waals surface area contributed by atoms with Gasteiger partial charge in [0.05, 0.1) is 35.7 Å². The molecule has 0 radical (unpaired) electrons. The van der Waals surface area contributed by atoms with Gasteiger partial charge in [0, 0.05) is 69.3 Å². The number of piperidine rings is 1. The molecule has 5 aromatic rings. The molecule has 0 saturated carbocycles. The van der Waals surface area contributed by atoms with Gasteiger partial charge in [-0.15, -0.1) is 0 Å². The Kier molecular flexibility index (Phi) is 10.1. The zero-order chi connectivity index (χ0) is 39.8. The summed E-state index contributed by atoms with van der Waals surface area (Å²) in [5, 5.41) is 16.5. The van der Waals surface area contributed by atoms with Crippen molar-refractivity contribution in [3.05, 3.63) is 77.2 Å². The standard InChI is InChI=1S/C39H42N12O6/c1-22(2)35-28(20-40-30-11-12-42-51(30)35)44-39(56)43-25-17-23(3)34(41-19-25)36-46-32(57-47-36)5-4-6-33(53)49-15-13-48(14-16-49)26-7-8-27-24(18-26)21-50(38(27)55)29-9-10-31(52)45-37(29)54/h7-8,11-12,17-20,22,29H,4-6,9-10,13-16,21H2,1-3H3,(H2,43,44,56)(H,45,52,54). The second-order valence-corrected chi connectivity index (χ2v) is 14.8. The van der Waals surface area contributed by atoms with Crippen LogP contribution in [0, 0.1) is 6.92 Å². The van der Waals surface area contributed by atoms with Crippen LogP contribution in [-0.2, 0) is 27.3 Å². The molecule has 3 aliphatic heterocycles. The molecular formula is C39H42N12O6. The summed E-state index contributed by atoms with van der Waals surface area (Å²) < 4.78 is 7.20. The molecule has 2 fully saturated rings. The Balaban J connectivity index is 0.795. The molecule has 3 N–H and O–H groups in total. The van der Waals surface area contributed by atoms with Gasteiger partial charge in [-0.25, -0.2) is 14.3 Å². The number of nitrogens with zero attached hydrogens (tertiary/aromatic N) is 9. The smallest absolute Gasteiger partial charge is 0.323 e. The predicted octanol–water partition coefficient (Wildman–Crippen LogP) is 3.68. The molecule has 6 amide bonds. The minimum atomic E-state index is -0.652. The van der Waals surface area contributed by atoms with Gasteiger partial charge in [0.1, 0.15) is 11.7 Å². The van der Waals surface area contributed by atoms with E-state index < -0.39 is 18.0 Å². The highest BCUT2D eigenvalue weighted by atomic mass is 16.5. The van der Waals surface area contributed by atoms with E-state index in [0.29, 0.717) is 98.4 Å². The van der Waals surface area contributed by atoms with Crippen molar-refractivity contribution in [1.82, 2.24) is 44.8 Å². The fourth-order valence-corrected chi connectivity index (χ4v) is 7.68. The van der Waals surface area contributed by atoms with E-state index in [2.05, 4.69) is 46.1 Å². The zero-order valence-corrected chi connectivity index (χ0v) is 31.8. The molecule has 2 saturated heterocycles. The number of rotatable bonds is 10. The van der Waals surface area contributed by atoms with Gasteiger partial charge >= 0.3 is 6.03 Å². The summed E-state index contributed by atoms with van der Waals surface area (Å²) in [6, 6.07) is 8.18. The molecule has 3 aliphatic rings. The minimum Gasteiger partial charge on any atom is -0.368 e. The van der Waals surface area contributed by atoms with Gasteiger partial charge in [0.25, 0.3) is 5.91 Å². The van der Waals surface area contributed by atoms with Crippen molar-refractivity contribution in [2.45, 2.75) is 71.4 Å². The molecule has 0 bridgehead atoms. The molecule has 8 rings (SSSR count). The van der Waals surface area contributed by atoms with Gasteiger partial charge in [0.15, 0.2) is 5.65 Å². The summed E-state index contributed by atoms with van der Waals surface area (Å²) >= 11 is 0. The minimum absolute atomic E-state index is 0.0529. The lowest BCUT2D eigenvalue weighted by Gasteiger charge is -2.36. The topological polar surface area (TPSA) is 213 Å². The fraction of sp³-hybridized carbons (Fsp3) is 0.385. The van der Waals surface area contributed by atoms with E-state index in [1.807, 2.05) is 37.8 Å². The van der Waals surface area contributed by atoms with Gasteiger partial charge in [-0.3, -0.25) is 29.5 Å². The maximum Gasteiger partial charge on any atom is 0.323 e. The first-order valence-electron chi connectivity index (χ1n) is 19.0. The van der Waals surface area contributed by atoms with Gasteiger partial charge in [-0.2, -0.15) is 10.1 Å². The number of urea groups is 1. The van der Waals surface area contributed by atoms with Gasteiger partial charge < -0.3 is 29.9 Å². The van der Waals surface area contributed by atoms with Gasteiger partial charge in [-0.1, -0.05) is 19.0 Å². The molecule has 18 nitrogen and oxygen atoms in total. The maximum atomic E-state index is 13.1. The highest BCUT2D eigenvalue weighted by Crippen LogP contribution is 2.31. The number of carbonyl (C=O) groups is 5. The average molecular weight is 775 g/mol. The van der Waals surface area contributed by atoms with Crippen molar-refractivity contribution in [1.29, 1.82) is 0 Å². The summed E-state index contributed by atoms with van der Waals surface area (Å²) in [7, 11) is 0. The first-order chi connectivity index (χ1) is 27.5. The Bertz CT molecular complexity index is 2400. The van der Waals surface area contributed by atoms with Crippen LogP contribution in [0.2, 0.25) is 0 Å². The average Bonchev–Trinajstić information content (AvgIpc) is 3.94. The fourth-order valence-electron chi connectivity index (χ4n) is 7.68. The van der Waals surface area contributed by atoms with Crippen molar-refractivity contribution >= 4 is 52.4 Å². The highest BCUT2D eigenvalue weighted by Gasteiger charge is 2.39. The van der Waals surface area contributed by atoms with Crippen molar-refractivity contribution in [2.75, 3.05) is 41.7 Å². The third-order valence-corrected chi connectivity index (χ3v) is 10.5. The lowest BCUT2D eigenvalue weighted by Crippen LogP contribution is -2.52. The van der Waals surface area contributed by atoms with E-state index in [9.17, 15) is 24.0 Å². The van der Waals surface area contributed by atoms with Crippen molar-refractivity contribution in [3.8, 4) is 11.5 Å². The van der Waals surface area contributed by atoms with Crippen molar-refractivity contribution in [2.24, 2.45) is 0 Å². The molecule has 1 aromatic carbocycles. The van der Waals surface area contributed by atoms with Crippen molar-refractivity contribution in [3.63, 3.8) is 0 Å². The van der Waals surface area contributed by atoms with Crippen LogP contribution in [0.1, 0.15) is 78.5 Å². The number of aromatic nitrogens is 6. The van der Waals surface area contributed by atoms with Gasteiger partial charge in [0.2, 0.25) is 29.4 Å². The number of nitrogens with one attached hydrogen (secondary N) is 3. The number of hydrogen-bond acceptors (Lipinski definition) is 12. The summed E-state index contributed by atoms with van der Waals surface area (Å²) in [6.45, 7) is 8.62. The number of hydrogen-bond donors (Lipinski definition) is 3. The number of aryl methyl sites for hydroxylation is 2. The Morgan fingerprint density at radius 1 is 1.02 bits per heavy atom. The summed E-state index contributed by atoms with van der Waals surface area (Å²) in [6.07, 6.45) is 6.64. The number of anilines is 3. The molecule has 294 valence electrons. The highest BCUT2D eigenvalue weighted by molar-refractivity contribution is 6.05. The van der Waals surface area contributed by atoms with E-state index in [4.69, 9.17) is 4.52 Å². The number of amides is 6. The van der Waals surface area contributed by atoms with E-state index in [-0.39, 0.29) is 30.1 Å². The van der Waals surface area contributed by atoms with Crippen LogP contribution in [0.15, 0.2) is 53.4 Å². The Morgan fingerprint density at radius 2 is 1.84 bits per heavy atom. The third kappa shape index (κ3) is 7.61. The lowest BCUT2D eigenvalue weighted by molar-refractivity contribution is -0.137. The second kappa shape index (κ2) is 15.4. The number of benzene rings is 1. The van der Waals surface area contributed by atoms with E-state index >= 15 is 0 Å². The molecule has 4 aromatic heterocycles. The maximum absolute atomic E-state index is 13.1. The van der Waals surface area contributed by atoms with Crippen LogP contribution in [0.5, 0.6) is 0 Å². The van der Waals surface area contributed by atoms with E-state index in [1.54, 1.807) is 40.0 Å². The summed E-state index contributed by atoms with van der Waals surface area (Å²) in [5.41, 5.74) is 6.20. The van der Waals surface area contributed by atoms with E-state index in [0.717, 1.165) is 22.5 Å². The zero-order valence-electron chi connectivity index (χ0n) is 31.8. The van der Waals surface area contributed by atoms with Crippen LogP contribution >= 0.6 is 0 Å². The van der Waals surface area contributed by atoms with Crippen LogP contribution in [0.25, 0.3) is 17.2 Å². The molecule has 0 aliphatic carbocycles. The molecule has 1 atom stereocenters. The first-order valence-corrected chi connectivity index (χ1v) is 19.0. The second-order valence-electron chi connectivity index (χ2n) is 14.8. The Labute approximate surface area is 327 Å².